The van der Waals surface area contributed by atoms with Crippen LogP contribution in [0.1, 0.15) is 43.0 Å². The summed E-state index contributed by atoms with van der Waals surface area (Å²) in [7, 11) is 0. The number of hydrogen-bond donors (Lipinski definition) is 0. The molecule has 0 saturated carbocycles. The molecule has 0 amide bonds. The maximum Gasteiger partial charge on any atom is 0.0412 e. The van der Waals surface area contributed by atoms with Gasteiger partial charge in [-0.3, -0.25) is 0 Å². The molecule has 0 saturated heterocycles. The number of rotatable bonds is 3. The predicted octanol–water partition coefficient (Wildman–Crippen LogP) is 6.59. The Morgan fingerprint density at radius 1 is 1.00 bits per heavy atom. The van der Waals surface area contributed by atoms with E-state index >= 15 is 0 Å². The van der Waals surface area contributed by atoms with Crippen molar-refractivity contribution in [3.63, 3.8) is 0 Å². The van der Waals surface area contributed by atoms with Gasteiger partial charge in [-0.05, 0) is 46.7 Å². The van der Waals surface area contributed by atoms with Crippen molar-refractivity contribution >= 4 is 23.8 Å². The Morgan fingerprint density at radius 3 is 2.32 bits per heavy atom. The third kappa shape index (κ3) is 4.61. The van der Waals surface area contributed by atoms with Gasteiger partial charge in [0.15, 0.2) is 0 Å². The highest BCUT2D eigenvalue weighted by Gasteiger charge is 2.13. The van der Waals surface area contributed by atoms with Gasteiger partial charge in [0, 0.05) is 5.03 Å². The van der Waals surface area contributed by atoms with E-state index in [1.54, 1.807) is 0 Å². The summed E-state index contributed by atoms with van der Waals surface area (Å²) in [6.07, 6.45) is 6.02. The average Bonchev–Trinajstić information content (AvgIpc) is 2.46. The van der Waals surface area contributed by atoms with Crippen LogP contribution in [0.5, 0.6) is 0 Å². The Hall–Kier alpha value is -1.79. The van der Waals surface area contributed by atoms with Crippen LogP contribution in [0.25, 0.3) is 12.2 Å². The van der Waals surface area contributed by atoms with Crippen LogP contribution in [0.3, 0.4) is 0 Å². The summed E-state index contributed by atoms with van der Waals surface area (Å²) in [5, 5.41) is 0.728. The lowest BCUT2D eigenvalue weighted by Crippen LogP contribution is -2.11. The zero-order valence-electron chi connectivity index (χ0n) is 13.7. The van der Waals surface area contributed by atoms with E-state index in [4.69, 9.17) is 11.6 Å². The van der Waals surface area contributed by atoms with Crippen LogP contribution < -0.4 is 0 Å². The van der Waals surface area contributed by atoms with Crippen molar-refractivity contribution in [2.75, 3.05) is 0 Å². The molecule has 1 heteroatoms. The van der Waals surface area contributed by atoms with Crippen molar-refractivity contribution in [2.45, 2.75) is 33.1 Å². The van der Waals surface area contributed by atoms with Crippen LogP contribution >= 0.6 is 11.6 Å². The molecule has 2 aromatic rings. The second kappa shape index (κ2) is 6.98. The predicted molar refractivity (Wildman–Crippen MR) is 99.2 cm³/mol. The molecule has 0 aromatic heterocycles. The first-order chi connectivity index (χ1) is 10.4. The van der Waals surface area contributed by atoms with Crippen LogP contribution in [0.4, 0.5) is 0 Å². The average molecular weight is 311 g/mol. The minimum absolute atomic E-state index is 0.153. The zero-order valence-corrected chi connectivity index (χ0v) is 14.5. The summed E-state index contributed by atoms with van der Waals surface area (Å²) in [5.41, 5.74) is 5.07. The minimum atomic E-state index is 0.153. The smallest absolute Gasteiger partial charge is 0.0412 e. The molecule has 2 rings (SSSR count). The molecule has 0 fully saturated rings. The Kier molecular flexibility index (Phi) is 5.26. The lowest BCUT2D eigenvalue weighted by atomic mass is 9.85. The molecule has 0 spiro atoms. The lowest BCUT2D eigenvalue weighted by molar-refractivity contribution is 0.590. The molecule has 0 atom stereocenters. The molecule has 2 aromatic carbocycles. The summed E-state index contributed by atoms with van der Waals surface area (Å²) in [6.45, 7) is 8.81. The molecule has 0 aliphatic carbocycles. The molecule has 0 unspecified atom stereocenters. The van der Waals surface area contributed by atoms with Crippen molar-refractivity contribution in [3.8, 4) is 0 Å². The van der Waals surface area contributed by atoms with Crippen molar-refractivity contribution in [2.24, 2.45) is 0 Å². The summed E-state index contributed by atoms with van der Waals surface area (Å²) >= 11 is 6.32. The molecule has 0 aliphatic rings. The van der Waals surface area contributed by atoms with Crippen molar-refractivity contribution < 1.29 is 0 Å². The van der Waals surface area contributed by atoms with Crippen LogP contribution in [-0.2, 0) is 5.41 Å². The molecule has 0 bridgehead atoms. The van der Waals surface area contributed by atoms with Gasteiger partial charge in [0.25, 0.3) is 0 Å². The summed E-state index contributed by atoms with van der Waals surface area (Å²) < 4.78 is 0. The fourth-order valence-corrected chi connectivity index (χ4v) is 2.40. The fourth-order valence-electron chi connectivity index (χ4n) is 2.21. The third-order valence-electron chi connectivity index (χ3n) is 3.67. The molecular formula is C21H23Cl. The SMILES string of the molecule is Cc1ccc(C(C)(C)C)cc1C=CC(Cl)=Cc1ccccc1. The highest BCUT2D eigenvalue weighted by molar-refractivity contribution is 6.33. The molecule has 0 aliphatic heterocycles. The normalized spacial score (nSPS) is 12.9. The van der Waals surface area contributed by atoms with E-state index in [-0.39, 0.29) is 5.41 Å². The number of benzene rings is 2. The van der Waals surface area contributed by atoms with Crippen LogP contribution in [-0.4, -0.2) is 0 Å². The quantitative estimate of drug-likeness (QED) is 0.561. The monoisotopic (exact) mass is 310 g/mol. The minimum Gasteiger partial charge on any atom is -0.0843 e. The molecule has 114 valence electrons. The first kappa shape index (κ1) is 16.6. The Morgan fingerprint density at radius 2 is 1.68 bits per heavy atom. The first-order valence-corrected chi connectivity index (χ1v) is 7.95. The standard InChI is InChI=1S/C21H23Cl/c1-16-10-12-19(21(2,3)4)15-18(16)11-13-20(22)14-17-8-6-5-7-9-17/h5-15H,1-4H3. The zero-order chi connectivity index (χ0) is 16.2. The van der Waals surface area contributed by atoms with E-state index in [0.29, 0.717) is 0 Å². The van der Waals surface area contributed by atoms with E-state index in [0.717, 1.165) is 10.6 Å². The highest BCUT2D eigenvalue weighted by Crippen LogP contribution is 2.25. The molecule has 0 nitrogen and oxygen atoms in total. The van der Waals surface area contributed by atoms with E-state index in [1.807, 2.05) is 42.5 Å². The number of allylic oxidation sites excluding steroid dienone is 2. The second-order valence-corrected chi connectivity index (χ2v) is 7.03. The lowest BCUT2D eigenvalue weighted by Gasteiger charge is -2.20. The van der Waals surface area contributed by atoms with Crippen molar-refractivity contribution in [1.82, 2.24) is 0 Å². The number of hydrogen-bond acceptors (Lipinski definition) is 0. The van der Waals surface area contributed by atoms with Gasteiger partial charge in [0.1, 0.15) is 0 Å². The third-order valence-corrected chi connectivity index (χ3v) is 3.91. The maximum absolute atomic E-state index is 6.32. The van der Waals surface area contributed by atoms with E-state index < -0.39 is 0 Å². The van der Waals surface area contributed by atoms with Crippen LogP contribution in [0, 0.1) is 6.92 Å². The van der Waals surface area contributed by atoms with Crippen molar-refractivity contribution in [1.29, 1.82) is 0 Å². The topological polar surface area (TPSA) is 0 Å². The van der Waals surface area contributed by atoms with E-state index in [2.05, 4.69) is 52.0 Å². The Bertz CT molecular complexity index is 686. The summed E-state index contributed by atoms with van der Waals surface area (Å²) in [5.74, 6) is 0. The summed E-state index contributed by atoms with van der Waals surface area (Å²) in [6, 6.07) is 16.7. The van der Waals surface area contributed by atoms with Gasteiger partial charge in [0.2, 0.25) is 0 Å². The first-order valence-electron chi connectivity index (χ1n) is 7.58. The Labute approximate surface area is 139 Å². The van der Waals surface area contributed by atoms with E-state index in [1.165, 1.54) is 16.7 Å². The maximum atomic E-state index is 6.32. The van der Waals surface area contributed by atoms with Crippen molar-refractivity contribution in [3.05, 3.63) is 81.9 Å². The number of halogens is 1. The molecule has 0 heterocycles. The fraction of sp³-hybridized carbons (Fsp3) is 0.238. The van der Waals surface area contributed by atoms with E-state index in [9.17, 15) is 0 Å². The van der Waals surface area contributed by atoms with Gasteiger partial charge in [0.05, 0.1) is 0 Å². The van der Waals surface area contributed by atoms with Gasteiger partial charge < -0.3 is 0 Å². The van der Waals surface area contributed by atoms with Crippen LogP contribution in [0.2, 0.25) is 0 Å². The second-order valence-electron chi connectivity index (χ2n) is 6.59. The molecule has 0 N–H and O–H groups in total. The van der Waals surface area contributed by atoms with Gasteiger partial charge in [-0.2, -0.15) is 0 Å². The van der Waals surface area contributed by atoms with Crippen LogP contribution in [0.15, 0.2) is 59.6 Å². The summed E-state index contributed by atoms with van der Waals surface area (Å²) in [4.78, 5) is 0. The molecule has 22 heavy (non-hydrogen) atoms. The number of aryl methyl sites for hydroxylation is 1. The van der Waals surface area contributed by atoms with Gasteiger partial charge in [-0.1, -0.05) is 87.0 Å². The molecular weight excluding hydrogens is 288 g/mol. The highest BCUT2D eigenvalue weighted by atomic mass is 35.5. The largest absolute Gasteiger partial charge is 0.0843 e. The van der Waals surface area contributed by atoms with Gasteiger partial charge in [-0.25, -0.2) is 0 Å². The molecule has 0 radical (unpaired) electrons. The van der Waals surface area contributed by atoms with Gasteiger partial charge in [-0.15, -0.1) is 0 Å². The Balaban J connectivity index is 2.24. The van der Waals surface area contributed by atoms with Gasteiger partial charge >= 0.3 is 0 Å².